The number of carbonyl (C=O) groups excluding carboxylic acids is 1. The molecule has 1 aliphatic rings. The van der Waals surface area contributed by atoms with Crippen molar-refractivity contribution in [2.45, 2.75) is 12.3 Å². The van der Waals surface area contributed by atoms with Crippen molar-refractivity contribution in [3.63, 3.8) is 0 Å². The van der Waals surface area contributed by atoms with E-state index in [0.717, 1.165) is 18.2 Å². The maximum atomic E-state index is 13.3. The third-order valence-electron chi connectivity index (χ3n) is 2.60. The summed E-state index contributed by atoms with van der Waals surface area (Å²) in [7, 11) is 0. The quantitative estimate of drug-likeness (QED) is 0.808. The SMILES string of the molecule is O=C(O)c1cccc2c1OC(F)(F)CN2C(=O)C(F)(F)F. The van der Waals surface area contributed by atoms with E-state index >= 15 is 0 Å². The topological polar surface area (TPSA) is 66.8 Å². The molecule has 0 aliphatic carbocycles. The summed E-state index contributed by atoms with van der Waals surface area (Å²) in [6, 6.07) is 2.78. The first-order valence-corrected chi connectivity index (χ1v) is 5.35. The van der Waals surface area contributed by atoms with E-state index in [2.05, 4.69) is 4.74 Å². The fraction of sp³-hybridized carbons (Fsp3) is 0.273. The van der Waals surface area contributed by atoms with Crippen LogP contribution >= 0.6 is 0 Å². The van der Waals surface area contributed by atoms with Crippen LogP contribution in [0.5, 0.6) is 5.75 Å². The third-order valence-corrected chi connectivity index (χ3v) is 2.60. The van der Waals surface area contributed by atoms with Gasteiger partial charge < -0.3 is 9.84 Å². The Hall–Kier alpha value is -2.39. The number of aromatic carboxylic acids is 1. The van der Waals surface area contributed by atoms with Crippen LogP contribution in [0.2, 0.25) is 0 Å². The number of halogens is 5. The van der Waals surface area contributed by atoms with E-state index in [1.807, 2.05) is 0 Å². The van der Waals surface area contributed by atoms with Crippen molar-refractivity contribution in [3.8, 4) is 5.75 Å². The molecule has 0 bridgehead atoms. The van der Waals surface area contributed by atoms with Gasteiger partial charge in [-0.25, -0.2) is 4.79 Å². The molecule has 1 N–H and O–H groups in total. The second kappa shape index (κ2) is 4.57. The molecule has 5 nitrogen and oxygen atoms in total. The third kappa shape index (κ3) is 2.73. The first-order chi connectivity index (χ1) is 9.53. The van der Waals surface area contributed by atoms with Crippen molar-refractivity contribution in [1.29, 1.82) is 0 Å². The number of alkyl halides is 5. The molecule has 1 aliphatic heterocycles. The van der Waals surface area contributed by atoms with Crippen molar-refractivity contribution in [1.82, 2.24) is 0 Å². The van der Waals surface area contributed by atoms with E-state index in [0.29, 0.717) is 0 Å². The van der Waals surface area contributed by atoms with Crippen molar-refractivity contribution < 1.29 is 41.4 Å². The first-order valence-electron chi connectivity index (χ1n) is 5.35. The lowest BCUT2D eigenvalue weighted by atomic mass is 10.1. The van der Waals surface area contributed by atoms with Gasteiger partial charge >= 0.3 is 24.2 Å². The van der Waals surface area contributed by atoms with Gasteiger partial charge in [0.05, 0.1) is 5.69 Å². The number of carboxylic acids is 1. The van der Waals surface area contributed by atoms with Gasteiger partial charge in [-0.15, -0.1) is 0 Å². The monoisotopic (exact) mass is 311 g/mol. The Morgan fingerprint density at radius 1 is 1.29 bits per heavy atom. The number of fused-ring (bicyclic) bond motifs is 1. The maximum absolute atomic E-state index is 13.3. The molecule has 0 saturated heterocycles. The van der Waals surface area contributed by atoms with Crippen LogP contribution in [0.25, 0.3) is 0 Å². The molecule has 1 aromatic carbocycles. The lowest BCUT2D eigenvalue weighted by molar-refractivity contribution is -0.186. The number of nitrogens with zero attached hydrogens (tertiary/aromatic N) is 1. The number of benzene rings is 1. The molecule has 10 heteroatoms. The molecular formula is C11H6F5NO4. The van der Waals surface area contributed by atoms with Gasteiger partial charge in [0.1, 0.15) is 12.1 Å². The number of anilines is 1. The highest BCUT2D eigenvalue weighted by atomic mass is 19.4. The Labute approximate surface area is 113 Å². The number of para-hydroxylation sites is 1. The molecule has 1 amide bonds. The van der Waals surface area contributed by atoms with E-state index in [-0.39, 0.29) is 4.90 Å². The van der Waals surface area contributed by atoms with Gasteiger partial charge in [0.25, 0.3) is 0 Å². The highest BCUT2D eigenvalue weighted by Crippen LogP contribution is 2.42. The van der Waals surface area contributed by atoms with E-state index in [1.54, 1.807) is 0 Å². The lowest BCUT2D eigenvalue weighted by Crippen LogP contribution is -2.52. The summed E-state index contributed by atoms with van der Waals surface area (Å²) in [4.78, 5) is 21.9. The number of carboxylic acid groups (broad SMARTS) is 1. The molecule has 2 rings (SSSR count). The van der Waals surface area contributed by atoms with Gasteiger partial charge in [-0.1, -0.05) is 6.07 Å². The van der Waals surface area contributed by atoms with Crippen molar-refractivity contribution in [2.75, 3.05) is 11.4 Å². The fourth-order valence-corrected chi connectivity index (χ4v) is 1.80. The van der Waals surface area contributed by atoms with Crippen molar-refractivity contribution >= 4 is 17.6 Å². The van der Waals surface area contributed by atoms with Crippen LogP contribution in [0.15, 0.2) is 18.2 Å². The number of hydrogen-bond donors (Lipinski definition) is 1. The largest absolute Gasteiger partial charge is 0.478 e. The molecule has 114 valence electrons. The molecule has 1 aromatic rings. The number of ether oxygens (including phenoxy) is 1. The zero-order chi connectivity index (χ0) is 16.0. The van der Waals surface area contributed by atoms with Crippen LogP contribution in [0.4, 0.5) is 27.6 Å². The number of carbonyl (C=O) groups is 2. The molecule has 21 heavy (non-hydrogen) atoms. The van der Waals surface area contributed by atoms with Gasteiger partial charge in [-0.05, 0) is 12.1 Å². The highest BCUT2D eigenvalue weighted by molar-refractivity contribution is 6.02. The molecule has 0 spiro atoms. The number of hydrogen-bond acceptors (Lipinski definition) is 3. The molecule has 0 radical (unpaired) electrons. The predicted molar refractivity (Wildman–Crippen MR) is 57.4 cm³/mol. The summed E-state index contributed by atoms with van der Waals surface area (Å²) in [6.45, 7) is -1.67. The van der Waals surface area contributed by atoms with Gasteiger partial charge in [0.15, 0.2) is 5.75 Å². The zero-order valence-electron chi connectivity index (χ0n) is 9.95. The summed E-state index contributed by atoms with van der Waals surface area (Å²) >= 11 is 0. The van der Waals surface area contributed by atoms with Crippen molar-refractivity contribution in [3.05, 3.63) is 23.8 Å². The Balaban J connectivity index is 2.60. The van der Waals surface area contributed by atoms with Crippen LogP contribution in [0.1, 0.15) is 10.4 Å². The molecule has 0 atom stereocenters. The van der Waals surface area contributed by atoms with Crippen LogP contribution in [0.3, 0.4) is 0 Å². The second-order valence-electron chi connectivity index (χ2n) is 4.09. The van der Waals surface area contributed by atoms with Gasteiger partial charge in [0.2, 0.25) is 0 Å². The van der Waals surface area contributed by atoms with Crippen LogP contribution in [-0.4, -0.2) is 35.8 Å². The van der Waals surface area contributed by atoms with Crippen LogP contribution < -0.4 is 9.64 Å². The summed E-state index contributed by atoms with van der Waals surface area (Å²) in [6.07, 6.45) is -9.52. The van der Waals surface area contributed by atoms with E-state index in [4.69, 9.17) is 5.11 Å². The summed E-state index contributed by atoms with van der Waals surface area (Å²) in [5, 5.41) is 8.85. The molecule has 0 aromatic heterocycles. The minimum absolute atomic E-state index is 0.245. The molecular weight excluding hydrogens is 305 g/mol. The van der Waals surface area contributed by atoms with Gasteiger partial charge in [0, 0.05) is 0 Å². The van der Waals surface area contributed by atoms with Crippen LogP contribution in [-0.2, 0) is 4.79 Å². The molecule has 1 heterocycles. The van der Waals surface area contributed by atoms with E-state index in [9.17, 15) is 31.5 Å². The molecule has 0 unspecified atom stereocenters. The Morgan fingerprint density at radius 2 is 1.90 bits per heavy atom. The standard InChI is InChI=1S/C11H6F5NO4/c12-10(13)4-17(9(20)11(14,15)16)6-3-1-2-5(8(18)19)7(6)21-10/h1-3H,4H2,(H,18,19). The van der Waals surface area contributed by atoms with Crippen LogP contribution in [0, 0.1) is 0 Å². The smallest absolute Gasteiger partial charge is 0.471 e. The van der Waals surface area contributed by atoms with Gasteiger partial charge in [-0.3, -0.25) is 9.69 Å². The minimum Gasteiger partial charge on any atom is -0.478 e. The second-order valence-corrected chi connectivity index (χ2v) is 4.09. The molecule has 0 saturated carbocycles. The number of rotatable bonds is 1. The number of amides is 1. The Kier molecular flexibility index (Phi) is 3.27. The summed E-state index contributed by atoms with van der Waals surface area (Å²) < 4.78 is 68.2. The first kappa shape index (κ1) is 15.0. The minimum atomic E-state index is -5.39. The summed E-state index contributed by atoms with van der Waals surface area (Å²) in [5.74, 6) is -5.20. The Morgan fingerprint density at radius 3 is 2.43 bits per heavy atom. The van der Waals surface area contributed by atoms with E-state index in [1.165, 1.54) is 0 Å². The van der Waals surface area contributed by atoms with E-state index < -0.39 is 47.7 Å². The zero-order valence-corrected chi connectivity index (χ0v) is 9.95. The normalized spacial score (nSPS) is 16.9. The lowest BCUT2D eigenvalue weighted by Gasteiger charge is -2.34. The van der Waals surface area contributed by atoms with Crippen molar-refractivity contribution in [2.24, 2.45) is 0 Å². The fourth-order valence-electron chi connectivity index (χ4n) is 1.80. The maximum Gasteiger partial charge on any atom is 0.471 e. The average Bonchev–Trinajstić information content (AvgIpc) is 2.33. The average molecular weight is 311 g/mol. The Bertz CT molecular complexity index is 613. The predicted octanol–water partition coefficient (Wildman–Crippen LogP) is 2.27. The van der Waals surface area contributed by atoms with Gasteiger partial charge in [-0.2, -0.15) is 22.0 Å². The summed E-state index contributed by atoms with van der Waals surface area (Å²) in [5.41, 5.74) is -1.45. The highest BCUT2D eigenvalue weighted by Gasteiger charge is 2.51. The molecule has 0 fully saturated rings.